The molecule has 0 spiro atoms. The Morgan fingerprint density at radius 2 is 1.89 bits per heavy atom. The van der Waals surface area contributed by atoms with Crippen LogP contribution in [0.25, 0.3) is 0 Å². The molecule has 1 aromatic carbocycles. The summed E-state index contributed by atoms with van der Waals surface area (Å²) in [5.41, 5.74) is 4.86. The van der Waals surface area contributed by atoms with E-state index in [0.29, 0.717) is 31.1 Å². The number of rotatable bonds is 8. The van der Waals surface area contributed by atoms with Gasteiger partial charge in [-0.15, -0.1) is 12.4 Å². The molecule has 2 rings (SSSR count). The predicted octanol–water partition coefficient (Wildman–Crippen LogP) is 0.648. The fourth-order valence-corrected chi connectivity index (χ4v) is 3.13. The quantitative estimate of drug-likeness (QED) is 0.558. The predicted molar refractivity (Wildman–Crippen MR) is 96.1 cm³/mol. The Balaban J connectivity index is 0.00000364. The third kappa shape index (κ3) is 7.09. The summed E-state index contributed by atoms with van der Waals surface area (Å²) in [6.07, 6.45) is 0.401. The maximum absolute atomic E-state index is 12.9. The number of carbonyl (C=O) groups excluding carboxylic acids is 1. The average Bonchev–Trinajstić information content (AvgIpc) is 2.84. The van der Waals surface area contributed by atoms with Crippen molar-refractivity contribution in [3.05, 3.63) is 18.2 Å². The van der Waals surface area contributed by atoms with E-state index in [9.17, 15) is 22.0 Å². The second-order valence-corrected chi connectivity index (χ2v) is 7.41. The Labute approximate surface area is 162 Å². The number of fused-ring (bicyclic) bond motifs is 1. The summed E-state index contributed by atoms with van der Waals surface area (Å²) in [5, 5.41) is 2.01. The molecule has 154 valence electrons. The highest BCUT2D eigenvalue weighted by molar-refractivity contribution is 7.89. The zero-order chi connectivity index (χ0) is 19.2. The monoisotopic (exact) mass is 429 g/mol. The Hall–Kier alpha value is -1.69. The van der Waals surface area contributed by atoms with Crippen LogP contribution in [-0.2, 0) is 14.8 Å². The Morgan fingerprint density at radius 3 is 2.56 bits per heavy atom. The van der Waals surface area contributed by atoms with Gasteiger partial charge in [0, 0.05) is 25.5 Å². The van der Waals surface area contributed by atoms with Crippen molar-refractivity contribution in [2.45, 2.75) is 23.7 Å². The molecule has 0 radical (unpaired) electrons. The van der Waals surface area contributed by atoms with Crippen LogP contribution in [0.2, 0.25) is 0 Å². The second kappa shape index (κ2) is 10.0. The molecule has 1 aromatic rings. The minimum Gasteiger partial charge on any atom is -0.490 e. The number of hydrogen-bond donors (Lipinski definition) is 3. The van der Waals surface area contributed by atoms with E-state index in [1.165, 1.54) is 18.2 Å². The number of nitrogens with two attached hydrogens (primary N) is 1. The van der Waals surface area contributed by atoms with Gasteiger partial charge in [0.2, 0.25) is 15.9 Å². The Morgan fingerprint density at radius 1 is 1.22 bits per heavy atom. The van der Waals surface area contributed by atoms with Crippen molar-refractivity contribution in [2.24, 2.45) is 5.73 Å². The van der Waals surface area contributed by atoms with E-state index in [4.69, 9.17) is 15.2 Å². The summed E-state index contributed by atoms with van der Waals surface area (Å²) in [6.45, 7) is -1.12. The van der Waals surface area contributed by atoms with Crippen LogP contribution in [0.4, 0.5) is 8.78 Å². The third-order valence-corrected chi connectivity index (χ3v) is 4.97. The van der Waals surface area contributed by atoms with Crippen LogP contribution in [0, 0.1) is 0 Å². The van der Waals surface area contributed by atoms with Gasteiger partial charge < -0.3 is 20.5 Å². The van der Waals surface area contributed by atoms with Crippen LogP contribution < -0.4 is 25.2 Å². The number of benzene rings is 1. The lowest BCUT2D eigenvalue weighted by molar-refractivity contribution is -0.122. The number of nitrogens with one attached hydrogen (secondary N) is 2. The summed E-state index contributed by atoms with van der Waals surface area (Å²) >= 11 is 0. The van der Waals surface area contributed by atoms with E-state index in [2.05, 4.69) is 4.72 Å². The first kappa shape index (κ1) is 23.3. The number of ether oxygens (including phenoxy) is 2. The van der Waals surface area contributed by atoms with Crippen LogP contribution in [0.5, 0.6) is 11.5 Å². The van der Waals surface area contributed by atoms with Crippen molar-refractivity contribution in [2.75, 3.05) is 32.8 Å². The molecule has 1 aliphatic heterocycles. The fraction of sp³-hybridized carbons (Fsp3) is 0.533. The lowest BCUT2D eigenvalue weighted by Crippen LogP contribution is -2.42. The largest absolute Gasteiger partial charge is 0.490 e. The first-order chi connectivity index (χ1) is 12.2. The van der Waals surface area contributed by atoms with Crippen LogP contribution in [-0.4, -0.2) is 53.1 Å². The van der Waals surface area contributed by atoms with Gasteiger partial charge in [-0.3, -0.25) is 4.79 Å². The van der Waals surface area contributed by atoms with Crippen LogP contribution >= 0.6 is 12.4 Å². The normalized spacial score (nSPS) is 14.0. The van der Waals surface area contributed by atoms with E-state index >= 15 is 0 Å². The minimum absolute atomic E-state index is 0. The minimum atomic E-state index is -3.88. The highest BCUT2D eigenvalue weighted by Crippen LogP contribution is 2.31. The lowest BCUT2D eigenvalue weighted by Gasteiger charge is -2.14. The van der Waals surface area contributed by atoms with E-state index in [1.807, 2.05) is 5.32 Å². The summed E-state index contributed by atoms with van der Waals surface area (Å²) in [5.74, 6) is -3.12. The van der Waals surface area contributed by atoms with Gasteiger partial charge >= 0.3 is 0 Å². The molecule has 1 heterocycles. The fourth-order valence-electron chi connectivity index (χ4n) is 2.08. The highest BCUT2D eigenvalue weighted by atomic mass is 35.5. The molecule has 0 unspecified atom stereocenters. The molecule has 0 saturated carbocycles. The van der Waals surface area contributed by atoms with Gasteiger partial charge in [0.25, 0.3) is 5.92 Å². The number of halogens is 3. The first-order valence-corrected chi connectivity index (χ1v) is 9.46. The van der Waals surface area contributed by atoms with Crippen LogP contribution in [0.15, 0.2) is 23.1 Å². The van der Waals surface area contributed by atoms with Gasteiger partial charge in [-0.25, -0.2) is 21.9 Å². The van der Waals surface area contributed by atoms with Gasteiger partial charge in [0.05, 0.1) is 31.2 Å². The maximum Gasteiger partial charge on any atom is 0.277 e. The van der Waals surface area contributed by atoms with Gasteiger partial charge in [0.15, 0.2) is 11.5 Å². The molecule has 27 heavy (non-hydrogen) atoms. The summed E-state index contributed by atoms with van der Waals surface area (Å²) in [4.78, 5) is 11.5. The van der Waals surface area contributed by atoms with Gasteiger partial charge in [0.1, 0.15) is 0 Å². The van der Waals surface area contributed by atoms with Crippen molar-refractivity contribution in [1.82, 2.24) is 10.0 Å². The lowest BCUT2D eigenvalue weighted by atomic mass is 10.3. The van der Waals surface area contributed by atoms with Crippen molar-refractivity contribution in [1.29, 1.82) is 0 Å². The number of sulfonamides is 1. The molecule has 0 fully saturated rings. The number of amides is 1. The molecule has 0 bridgehead atoms. The zero-order valence-corrected chi connectivity index (χ0v) is 16.0. The molecule has 8 nitrogen and oxygen atoms in total. The SMILES string of the molecule is Cl.NCC(F)(F)CNC(=O)CCNS(=O)(=O)c1ccc2c(c1)OCCCO2. The molecule has 0 aromatic heterocycles. The van der Waals surface area contributed by atoms with Crippen molar-refractivity contribution < 1.29 is 31.5 Å². The average molecular weight is 430 g/mol. The van der Waals surface area contributed by atoms with Crippen molar-refractivity contribution in [3.8, 4) is 11.5 Å². The van der Waals surface area contributed by atoms with Crippen LogP contribution in [0.3, 0.4) is 0 Å². The third-order valence-electron chi connectivity index (χ3n) is 3.52. The Kier molecular flexibility index (Phi) is 8.66. The standard InChI is InChI=1S/C15H21F2N3O5S.ClH/c16-15(17,9-18)10-19-14(21)4-5-20-26(22,23)11-2-3-12-13(8-11)25-7-1-6-24-12;/h2-3,8,20H,1,4-7,9-10,18H2,(H,19,21);1H. The highest BCUT2D eigenvalue weighted by Gasteiger charge is 2.27. The molecular weight excluding hydrogens is 408 g/mol. The zero-order valence-electron chi connectivity index (χ0n) is 14.4. The summed E-state index contributed by atoms with van der Waals surface area (Å²) in [7, 11) is -3.88. The molecule has 0 saturated heterocycles. The van der Waals surface area contributed by atoms with E-state index in [1.54, 1.807) is 0 Å². The number of alkyl halides is 2. The van der Waals surface area contributed by atoms with E-state index in [-0.39, 0.29) is 30.3 Å². The molecule has 1 aliphatic rings. The topological polar surface area (TPSA) is 120 Å². The second-order valence-electron chi connectivity index (χ2n) is 5.64. The molecular formula is C15H22ClF2N3O5S. The van der Waals surface area contributed by atoms with Crippen molar-refractivity contribution in [3.63, 3.8) is 0 Å². The van der Waals surface area contributed by atoms with Crippen molar-refractivity contribution >= 4 is 28.3 Å². The summed E-state index contributed by atoms with van der Waals surface area (Å²) in [6, 6.07) is 4.19. The molecule has 1 amide bonds. The smallest absolute Gasteiger partial charge is 0.277 e. The molecule has 12 heteroatoms. The van der Waals surface area contributed by atoms with Gasteiger partial charge in [-0.05, 0) is 12.1 Å². The molecule has 0 atom stereocenters. The van der Waals surface area contributed by atoms with Crippen LogP contribution in [0.1, 0.15) is 12.8 Å². The van der Waals surface area contributed by atoms with Gasteiger partial charge in [-0.1, -0.05) is 0 Å². The van der Waals surface area contributed by atoms with Gasteiger partial charge in [-0.2, -0.15) is 0 Å². The maximum atomic E-state index is 12.9. The Bertz CT molecular complexity index is 749. The van der Waals surface area contributed by atoms with E-state index < -0.39 is 34.9 Å². The molecule has 0 aliphatic carbocycles. The number of hydrogen-bond acceptors (Lipinski definition) is 6. The summed E-state index contributed by atoms with van der Waals surface area (Å²) < 4.78 is 63.5. The molecule has 4 N–H and O–H groups in total. The first-order valence-electron chi connectivity index (χ1n) is 7.97. The number of carbonyl (C=O) groups is 1. The van der Waals surface area contributed by atoms with E-state index in [0.717, 1.165) is 0 Å².